The molecule has 0 atom stereocenters. The van der Waals surface area contributed by atoms with Crippen molar-refractivity contribution in [3.63, 3.8) is 0 Å². The van der Waals surface area contributed by atoms with E-state index in [1.807, 2.05) is 7.05 Å². The number of nitrogens with one attached hydrogen (secondary N) is 1. The zero-order valence-corrected chi connectivity index (χ0v) is 10.7. The molecule has 0 aliphatic heterocycles. The second-order valence-electron chi connectivity index (χ2n) is 4.60. The number of hydrogen-bond acceptors (Lipinski definition) is 1. The Morgan fingerprint density at radius 2 is 2.18 bits per heavy atom. The lowest BCUT2D eigenvalue weighted by molar-refractivity contribution is 0.712. The molecule has 0 spiro atoms. The Kier molecular flexibility index (Phi) is 3.64. The van der Waals surface area contributed by atoms with Gasteiger partial charge in [0.25, 0.3) is 0 Å². The summed E-state index contributed by atoms with van der Waals surface area (Å²) in [5, 5.41) is 4.55. The Labute approximate surface area is 103 Å². The van der Waals surface area contributed by atoms with Gasteiger partial charge in [0, 0.05) is 19.3 Å². The van der Waals surface area contributed by atoms with Gasteiger partial charge in [-0.2, -0.15) is 0 Å². The summed E-state index contributed by atoms with van der Waals surface area (Å²) < 4.78 is 2.33. The van der Waals surface area contributed by atoms with Crippen molar-refractivity contribution in [3.8, 4) is 0 Å². The van der Waals surface area contributed by atoms with Gasteiger partial charge in [0.2, 0.25) is 0 Å². The van der Waals surface area contributed by atoms with E-state index in [9.17, 15) is 0 Å². The summed E-state index contributed by atoms with van der Waals surface area (Å²) in [4.78, 5) is 0. The van der Waals surface area contributed by atoms with Crippen molar-refractivity contribution < 1.29 is 0 Å². The molecule has 1 aromatic heterocycles. The van der Waals surface area contributed by atoms with Crippen molar-refractivity contribution in [1.82, 2.24) is 9.88 Å². The van der Waals surface area contributed by atoms with E-state index in [1.54, 1.807) is 0 Å². The highest BCUT2D eigenvalue weighted by molar-refractivity contribution is 5.83. The Morgan fingerprint density at radius 3 is 2.88 bits per heavy atom. The molecule has 0 bridgehead atoms. The number of nitrogens with zero attached hydrogens (tertiary/aromatic N) is 1. The molecule has 2 rings (SSSR count). The van der Waals surface area contributed by atoms with Crippen LogP contribution in [0.25, 0.3) is 10.9 Å². The fourth-order valence-corrected chi connectivity index (χ4v) is 2.17. The summed E-state index contributed by atoms with van der Waals surface area (Å²) in [5.74, 6) is 0. The molecule has 1 aromatic carbocycles. The van der Waals surface area contributed by atoms with Gasteiger partial charge in [0.05, 0.1) is 5.52 Å². The summed E-state index contributed by atoms with van der Waals surface area (Å²) >= 11 is 0. The van der Waals surface area contributed by atoms with E-state index in [4.69, 9.17) is 0 Å². The number of benzene rings is 1. The Balaban J connectivity index is 2.38. The van der Waals surface area contributed by atoms with Gasteiger partial charge < -0.3 is 9.88 Å². The largest absolute Gasteiger partial charge is 0.347 e. The van der Waals surface area contributed by atoms with Gasteiger partial charge in [0.1, 0.15) is 0 Å². The van der Waals surface area contributed by atoms with Crippen LogP contribution in [0.5, 0.6) is 0 Å². The fourth-order valence-electron chi connectivity index (χ4n) is 2.17. The summed E-state index contributed by atoms with van der Waals surface area (Å²) in [6.45, 7) is 7.98. The minimum atomic E-state index is 0.911. The fraction of sp³-hybridized carbons (Fsp3) is 0.333. The van der Waals surface area contributed by atoms with Crippen LogP contribution in [0.15, 0.2) is 42.6 Å². The SMILES string of the molecule is C=C(C)CCn1ccc2cccc(CNC)c21. The second-order valence-corrected chi connectivity index (χ2v) is 4.60. The molecule has 1 heterocycles. The first-order valence-electron chi connectivity index (χ1n) is 6.08. The van der Waals surface area contributed by atoms with E-state index in [0.717, 1.165) is 19.5 Å². The minimum absolute atomic E-state index is 0.911. The first-order valence-corrected chi connectivity index (χ1v) is 6.08. The topological polar surface area (TPSA) is 17.0 Å². The molecule has 0 aliphatic rings. The van der Waals surface area contributed by atoms with Crippen LogP contribution < -0.4 is 5.32 Å². The van der Waals surface area contributed by atoms with E-state index in [2.05, 4.69) is 53.8 Å². The van der Waals surface area contributed by atoms with E-state index in [0.29, 0.717) is 0 Å². The lowest BCUT2D eigenvalue weighted by Gasteiger charge is -2.09. The highest BCUT2D eigenvalue weighted by Crippen LogP contribution is 2.21. The first-order chi connectivity index (χ1) is 8.22. The minimum Gasteiger partial charge on any atom is -0.347 e. The zero-order valence-electron chi connectivity index (χ0n) is 10.7. The molecule has 0 saturated heterocycles. The molecule has 0 unspecified atom stereocenters. The summed E-state index contributed by atoms with van der Waals surface area (Å²) in [5.41, 5.74) is 3.94. The number of fused-ring (bicyclic) bond motifs is 1. The van der Waals surface area contributed by atoms with Crippen LogP contribution >= 0.6 is 0 Å². The van der Waals surface area contributed by atoms with E-state index >= 15 is 0 Å². The van der Waals surface area contributed by atoms with Crippen LogP contribution in [0, 0.1) is 0 Å². The quantitative estimate of drug-likeness (QED) is 0.777. The molecule has 2 heteroatoms. The summed E-state index contributed by atoms with van der Waals surface area (Å²) in [7, 11) is 1.99. The number of aromatic nitrogens is 1. The van der Waals surface area contributed by atoms with Crippen LogP contribution in [0.1, 0.15) is 18.9 Å². The molecule has 0 amide bonds. The molecule has 90 valence electrons. The average Bonchev–Trinajstić information content (AvgIpc) is 2.71. The first kappa shape index (κ1) is 11.9. The molecule has 0 fully saturated rings. The van der Waals surface area contributed by atoms with Gasteiger partial charge >= 0.3 is 0 Å². The third-order valence-corrected chi connectivity index (χ3v) is 3.02. The second kappa shape index (κ2) is 5.19. The van der Waals surface area contributed by atoms with Crippen molar-refractivity contribution in [3.05, 3.63) is 48.2 Å². The number of para-hydroxylation sites is 1. The summed E-state index contributed by atoms with van der Waals surface area (Å²) in [6, 6.07) is 8.67. The molecular formula is C15H20N2. The van der Waals surface area contributed by atoms with Crippen molar-refractivity contribution in [1.29, 1.82) is 0 Å². The van der Waals surface area contributed by atoms with E-state index < -0.39 is 0 Å². The van der Waals surface area contributed by atoms with Gasteiger partial charge in [-0.1, -0.05) is 23.8 Å². The number of rotatable bonds is 5. The maximum atomic E-state index is 3.97. The Hall–Kier alpha value is -1.54. The predicted molar refractivity (Wildman–Crippen MR) is 74.1 cm³/mol. The van der Waals surface area contributed by atoms with Gasteiger partial charge in [-0.05, 0) is 37.4 Å². The number of allylic oxidation sites excluding steroid dienone is 1. The van der Waals surface area contributed by atoms with Crippen LogP contribution in [-0.4, -0.2) is 11.6 Å². The van der Waals surface area contributed by atoms with Crippen molar-refractivity contribution in [2.75, 3.05) is 7.05 Å². The summed E-state index contributed by atoms with van der Waals surface area (Å²) in [6.07, 6.45) is 3.21. The van der Waals surface area contributed by atoms with Crippen LogP contribution in [0.2, 0.25) is 0 Å². The van der Waals surface area contributed by atoms with E-state index in [-0.39, 0.29) is 0 Å². The van der Waals surface area contributed by atoms with Crippen molar-refractivity contribution in [2.24, 2.45) is 0 Å². The maximum absolute atomic E-state index is 3.97. The lowest BCUT2D eigenvalue weighted by atomic mass is 10.1. The normalized spacial score (nSPS) is 10.9. The standard InChI is InChI=1S/C15H20N2/c1-12(2)7-9-17-10-8-13-5-4-6-14(11-16-3)15(13)17/h4-6,8,10,16H,1,7,9,11H2,2-3H3. The van der Waals surface area contributed by atoms with Gasteiger partial charge in [-0.25, -0.2) is 0 Å². The van der Waals surface area contributed by atoms with Crippen LogP contribution in [0.4, 0.5) is 0 Å². The monoisotopic (exact) mass is 228 g/mol. The number of hydrogen-bond donors (Lipinski definition) is 1. The van der Waals surface area contributed by atoms with Crippen molar-refractivity contribution in [2.45, 2.75) is 26.4 Å². The van der Waals surface area contributed by atoms with Crippen LogP contribution in [-0.2, 0) is 13.1 Å². The predicted octanol–water partition coefficient (Wildman–Crippen LogP) is 3.33. The Morgan fingerprint density at radius 1 is 1.35 bits per heavy atom. The molecule has 17 heavy (non-hydrogen) atoms. The third-order valence-electron chi connectivity index (χ3n) is 3.02. The van der Waals surface area contributed by atoms with Gasteiger partial charge in [-0.15, -0.1) is 6.58 Å². The third kappa shape index (κ3) is 2.59. The van der Waals surface area contributed by atoms with E-state index in [1.165, 1.54) is 22.0 Å². The average molecular weight is 228 g/mol. The highest BCUT2D eigenvalue weighted by atomic mass is 15.0. The highest BCUT2D eigenvalue weighted by Gasteiger charge is 2.05. The zero-order chi connectivity index (χ0) is 12.3. The molecule has 2 aromatic rings. The van der Waals surface area contributed by atoms with Crippen molar-refractivity contribution >= 4 is 10.9 Å². The molecule has 0 aliphatic carbocycles. The lowest BCUT2D eigenvalue weighted by Crippen LogP contribution is -2.07. The molecule has 0 saturated carbocycles. The molecular weight excluding hydrogens is 208 g/mol. The van der Waals surface area contributed by atoms with Gasteiger partial charge in [-0.3, -0.25) is 0 Å². The number of aryl methyl sites for hydroxylation is 1. The van der Waals surface area contributed by atoms with Gasteiger partial charge in [0.15, 0.2) is 0 Å². The Bertz CT molecular complexity index is 523. The molecule has 0 radical (unpaired) electrons. The molecule has 2 nitrogen and oxygen atoms in total. The van der Waals surface area contributed by atoms with Crippen LogP contribution in [0.3, 0.4) is 0 Å². The maximum Gasteiger partial charge on any atom is 0.0525 e. The smallest absolute Gasteiger partial charge is 0.0525 e. The molecule has 1 N–H and O–H groups in total.